The highest BCUT2D eigenvalue weighted by molar-refractivity contribution is 7.00. The van der Waals surface area contributed by atoms with Crippen molar-refractivity contribution in [3.8, 4) is 22.9 Å². The number of benzene rings is 3. The van der Waals surface area contributed by atoms with Crippen molar-refractivity contribution in [1.82, 2.24) is 9.97 Å². The first-order chi connectivity index (χ1) is 23.6. The van der Waals surface area contributed by atoms with E-state index in [1.54, 1.807) is 24.5 Å². The Morgan fingerprint density at radius 3 is 2.06 bits per heavy atom. The topological polar surface area (TPSA) is 82.6 Å². The second kappa shape index (κ2) is 13.2. The van der Waals surface area contributed by atoms with Gasteiger partial charge < -0.3 is 19.2 Å². The molecule has 2 atom stereocenters. The highest BCUT2D eigenvalue weighted by Crippen LogP contribution is 2.46. The number of nitrogens with one attached hydrogen (secondary N) is 1. The molecule has 7 nitrogen and oxygen atoms in total. The maximum Gasteiger partial charge on any atom is 0.319 e. The molecule has 3 aromatic carbocycles. The Hall–Kier alpha value is -4.86. The summed E-state index contributed by atoms with van der Waals surface area (Å²) in [6.07, 6.45) is 5.34. The van der Waals surface area contributed by atoms with Crippen LogP contribution < -0.4 is 24.9 Å². The van der Waals surface area contributed by atoms with E-state index < -0.39 is 20.3 Å². The SMILES string of the molecule is Cc1c(-c2ccc(OC3CC3)nc2)ncc(C2OCC2C(=O)Nc2ccc(F)cc2)c1O[Si](c1ccccc1)(c1ccccc1)C(C)(C)C. The average Bonchev–Trinajstić information content (AvgIpc) is 3.90. The number of carbonyl (C=O) groups is 1. The van der Waals surface area contributed by atoms with Crippen molar-refractivity contribution in [3.05, 3.63) is 126 Å². The highest BCUT2D eigenvalue weighted by atomic mass is 28.4. The normalized spacial score (nSPS) is 17.6. The van der Waals surface area contributed by atoms with Crippen molar-refractivity contribution in [2.45, 2.75) is 57.8 Å². The summed E-state index contributed by atoms with van der Waals surface area (Å²) in [5.74, 6) is 0.175. The summed E-state index contributed by atoms with van der Waals surface area (Å²) < 4.78 is 33.3. The van der Waals surface area contributed by atoms with E-state index in [1.165, 1.54) is 12.1 Å². The Labute approximate surface area is 287 Å². The summed E-state index contributed by atoms with van der Waals surface area (Å²) in [6.45, 7) is 8.95. The molecule has 7 rings (SSSR count). The van der Waals surface area contributed by atoms with Crippen LogP contribution in [0.1, 0.15) is 50.8 Å². The van der Waals surface area contributed by atoms with Gasteiger partial charge in [-0.3, -0.25) is 9.78 Å². The van der Waals surface area contributed by atoms with Gasteiger partial charge in [0.1, 0.15) is 23.8 Å². The number of pyridine rings is 2. The molecule has 3 heterocycles. The van der Waals surface area contributed by atoms with Gasteiger partial charge >= 0.3 is 8.32 Å². The molecular formula is C40H40FN3O4Si. The number of rotatable bonds is 10. The standard InChI is InChI=1S/C40H40FN3O4Si/c1-26-36(27-15-22-35(42-23-27)47-30-20-21-30)43-24-33(38-34(25-46-38)39(45)44-29-18-16-28(41)17-19-29)37(26)48-49(40(2,3)4,31-11-7-5-8-12-31)32-13-9-6-10-14-32/h5-19,22-24,30,34,38H,20-21,25H2,1-4H3,(H,44,45). The van der Waals surface area contributed by atoms with Gasteiger partial charge in [0.05, 0.1) is 18.2 Å². The number of amides is 1. The van der Waals surface area contributed by atoms with E-state index in [0.717, 1.165) is 40.0 Å². The molecule has 1 aliphatic heterocycles. The monoisotopic (exact) mass is 673 g/mol. The first-order valence-corrected chi connectivity index (χ1v) is 18.7. The van der Waals surface area contributed by atoms with Crippen LogP contribution in [-0.2, 0) is 9.53 Å². The maximum absolute atomic E-state index is 13.6. The zero-order valence-electron chi connectivity index (χ0n) is 28.2. The van der Waals surface area contributed by atoms with E-state index in [4.69, 9.17) is 18.9 Å². The Morgan fingerprint density at radius 2 is 1.53 bits per heavy atom. The predicted octanol–water partition coefficient (Wildman–Crippen LogP) is 7.40. The zero-order valence-corrected chi connectivity index (χ0v) is 29.2. The average molecular weight is 674 g/mol. The molecule has 1 amide bonds. The fourth-order valence-electron chi connectivity index (χ4n) is 6.57. The van der Waals surface area contributed by atoms with Gasteiger partial charge in [0.2, 0.25) is 11.8 Å². The van der Waals surface area contributed by atoms with Crippen LogP contribution in [0, 0.1) is 18.7 Å². The molecule has 2 unspecified atom stereocenters. The molecule has 250 valence electrons. The van der Waals surface area contributed by atoms with Gasteiger partial charge in [0, 0.05) is 40.8 Å². The van der Waals surface area contributed by atoms with Crippen LogP contribution in [-0.4, -0.2) is 36.9 Å². The van der Waals surface area contributed by atoms with Crippen molar-refractivity contribution >= 4 is 30.3 Å². The molecule has 1 N–H and O–H groups in total. The molecule has 1 aliphatic carbocycles. The fourth-order valence-corrected chi connectivity index (χ4v) is 11.1. The van der Waals surface area contributed by atoms with E-state index in [9.17, 15) is 9.18 Å². The summed E-state index contributed by atoms with van der Waals surface area (Å²) >= 11 is 0. The van der Waals surface area contributed by atoms with Crippen molar-refractivity contribution in [3.63, 3.8) is 0 Å². The van der Waals surface area contributed by atoms with Crippen LogP contribution in [0.25, 0.3) is 11.3 Å². The molecule has 2 aliphatic rings. The number of carbonyl (C=O) groups excluding carboxylic acids is 1. The second-order valence-electron chi connectivity index (χ2n) is 13.8. The lowest BCUT2D eigenvalue weighted by Gasteiger charge is -2.45. The van der Waals surface area contributed by atoms with Crippen molar-refractivity contribution in [2.24, 2.45) is 5.92 Å². The third-order valence-corrected chi connectivity index (χ3v) is 14.3. The lowest BCUT2D eigenvalue weighted by atomic mass is 9.89. The molecular weight excluding hydrogens is 634 g/mol. The molecule has 0 radical (unpaired) electrons. The molecule has 49 heavy (non-hydrogen) atoms. The van der Waals surface area contributed by atoms with Crippen LogP contribution in [0.3, 0.4) is 0 Å². The molecule has 2 fully saturated rings. The maximum atomic E-state index is 13.6. The molecule has 2 aromatic heterocycles. The lowest BCUT2D eigenvalue weighted by molar-refractivity contribution is -0.153. The second-order valence-corrected chi connectivity index (χ2v) is 18.1. The van der Waals surface area contributed by atoms with Crippen LogP contribution in [0.4, 0.5) is 10.1 Å². The Kier molecular flexibility index (Phi) is 8.81. The van der Waals surface area contributed by atoms with Crippen molar-refractivity contribution < 1.29 is 23.1 Å². The fraction of sp³-hybridized carbons (Fsp3) is 0.275. The lowest BCUT2D eigenvalue weighted by Crippen LogP contribution is -2.69. The molecule has 0 bridgehead atoms. The van der Waals surface area contributed by atoms with Crippen molar-refractivity contribution in [1.29, 1.82) is 0 Å². The number of anilines is 1. The summed E-state index contributed by atoms with van der Waals surface area (Å²) in [5.41, 5.74) is 3.62. The number of hydrogen-bond acceptors (Lipinski definition) is 6. The minimum absolute atomic E-state index is 0.212. The van der Waals surface area contributed by atoms with Gasteiger partial charge in [-0.25, -0.2) is 9.37 Å². The van der Waals surface area contributed by atoms with E-state index >= 15 is 0 Å². The summed E-state index contributed by atoms with van der Waals surface area (Å²) in [5, 5.41) is 4.87. The van der Waals surface area contributed by atoms with Crippen LogP contribution in [0.2, 0.25) is 5.04 Å². The quantitative estimate of drug-likeness (QED) is 0.156. The minimum atomic E-state index is -3.10. The third-order valence-electron chi connectivity index (χ3n) is 9.36. The van der Waals surface area contributed by atoms with Crippen LogP contribution in [0.15, 0.2) is 109 Å². The van der Waals surface area contributed by atoms with Crippen LogP contribution >= 0.6 is 0 Å². The molecule has 0 spiro atoms. The predicted molar refractivity (Wildman–Crippen MR) is 191 cm³/mol. The van der Waals surface area contributed by atoms with E-state index in [1.807, 2.05) is 31.2 Å². The summed E-state index contributed by atoms with van der Waals surface area (Å²) in [7, 11) is -3.10. The number of nitrogens with zero attached hydrogens (tertiary/aromatic N) is 2. The van der Waals surface area contributed by atoms with Gasteiger partial charge in [-0.05, 0) is 65.5 Å². The van der Waals surface area contributed by atoms with Crippen molar-refractivity contribution in [2.75, 3.05) is 11.9 Å². The van der Waals surface area contributed by atoms with Crippen LogP contribution in [0.5, 0.6) is 11.6 Å². The number of aromatic nitrogens is 2. The Bertz CT molecular complexity index is 1890. The number of ether oxygens (including phenoxy) is 2. The van der Waals surface area contributed by atoms with Gasteiger partial charge in [-0.1, -0.05) is 81.4 Å². The molecule has 1 saturated carbocycles. The van der Waals surface area contributed by atoms with Gasteiger partial charge in [0.15, 0.2) is 0 Å². The van der Waals surface area contributed by atoms with E-state index in [2.05, 4.69) is 79.6 Å². The smallest absolute Gasteiger partial charge is 0.319 e. The Balaban J connectivity index is 1.35. The molecule has 5 aromatic rings. The number of hydrogen-bond donors (Lipinski definition) is 1. The summed E-state index contributed by atoms with van der Waals surface area (Å²) in [4.78, 5) is 23.1. The highest BCUT2D eigenvalue weighted by Gasteiger charge is 2.53. The Morgan fingerprint density at radius 1 is 0.878 bits per heavy atom. The molecule has 9 heteroatoms. The largest absolute Gasteiger partial charge is 0.533 e. The van der Waals surface area contributed by atoms with E-state index in [-0.39, 0.29) is 29.5 Å². The van der Waals surface area contributed by atoms with E-state index in [0.29, 0.717) is 22.9 Å². The first-order valence-electron chi connectivity index (χ1n) is 16.7. The van der Waals surface area contributed by atoms with Gasteiger partial charge in [0.25, 0.3) is 0 Å². The third kappa shape index (κ3) is 6.48. The first kappa shape index (κ1) is 32.7. The zero-order chi connectivity index (χ0) is 34.2. The minimum Gasteiger partial charge on any atom is -0.533 e. The van der Waals surface area contributed by atoms with Gasteiger partial charge in [-0.2, -0.15) is 0 Å². The molecule has 1 saturated heterocycles. The number of halogens is 1. The van der Waals surface area contributed by atoms with Gasteiger partial charge in [-0.15, -0.1) is 0 Å². The summed E-state index contributed by atoms with van der Waals surface area (Å²) in [6, 6.07) is 30.5.